The highest BCUT2D eigenvalue weighted by Gasteiger charge is 2.39. The SMILES string of the molecule is CC(C1CC1)N(C)CCC1CCCC1(N)C#N. The molecular weight excluding hydrogens is 210 g/mol. The van der Waals surface area contributed by atoms with Crippen molar-refractivity contribution in [1.82, 2.24) is 4.90 Å². The van der Waals surface area contributed by atoms with Gasteiger partial charge < -0.3 is 10.6 Å². The molecule has 0 aliphatic heterocycles. The van der Waals surface area contributed by atoms with Crippen LogP contribution < -0.4 is 5.73 Å². The van der Waals surface area contributed by atoms with E-state index in [1.165, 1.54) is 12.8 Å². The maximum Gasteiger partial charge on any atom is 0.107 e. The van der Waals surface area contributed by atoms with E-state index in [1.807, 2.05) is 0 Å². The fourth-order valence-corrected chi connectivity index (χ4v) is 3.15. The molecule has 2 N–H and O–H groups in total. The molecular formula is C14H25N3. The molecule has 0 spiro atoms. The molecule has 0 radical (unpaired) electrons. The highest BCUT2D eigenvalue weighted by atomic mass is 15.1. The predicted octanol–water partition coefficient (Wildman–Crippen LogP) is 2.13. The average molecular weight is 235 g/mol. The zero-order chi connectivity index (χ0) is 12.5. The smallest absolute Gasteiger partial charge is 0.107 e. The maximum atomic E-state index is 9.18. The van der Waals surface area contributed by atoms with Crippen LogP contribution in [0.3, 0.4) is 0 Å². The molecule has 17 heavy (non-hydrogen) atoms. The topological polar surface area (TPSA) is 53.0 Å². The van der Waals surface area contributed by atoms with E-state index in [0.717, 1.165) is 38.1 Å². The Morgan fingerprint density at radius 1 is 1.47 bits per heavy atom. The molecule has 0 amide bonds. The van der Waals surface area contributed by atoms with Gasteiger partial charge in [0.05, 0.1) is 6.07 Å². The lowest BCUT2D eigenvalue weighted by molar-refractivity contribution is 0.208. The van der Waals surface area contributed by atoms with Crippen LogP contribution in [0.2, 0.25) is 0 Å². The normalized spacial score (nSPS) is 34.9. The van der Waals surface area contributed by atoms with Gasteiger partial charge in [-0.25, -0.2) is 0 Å². The van der Waals surface area contributed by atoms with Crippen molar-refractivity contribution in [3.05, 3.63) is 0 Å². The molecule has 2 aliphatic carbocycles. The second-order valence-electron chi connectivity index (χ2n) is 6.09. The van der Waals surface area contributed by atoms with Gasteiger partial charge in [-0.15, -0.1) is 0 Å². The van der Waals surface area contributed by atoms with Crippen LogP contribution in [0.1, 0.15) is 45.4 Å². The molecule has 3 atom stereocenters. The van der Waals surface area contributed by atoms with Crippen LogP contribution in [0, 0.1) is 23.2 Å². The summed E-state index contributed by atoms with van der Waals surface area (Å²) in [4.78, 5) is 2.45. The van der Waals surface area contributed by atoms with Crippen molar-refractivity contribution in [3.63, 3.8) is 0 Å². The van der Waals surface area contributed by atoms with Gasteiger partial charge in [-0.1, -0.05) is 6.42 Å². The lowest BCUT2D eigenvalue weighted by Crippen LogP contribution is -2.43. The van der Waals surface area contributed by atoms with Crippen molar-refractivity contribution in [3.8, 4) is 6.07 Å². The zero-order valence-electron chi connectivity index (χ0n) is 11.2. The number of hydrogen-bond donors (Lipinski definition) is 1. The summed E-state index contributed by atoms with van der Waals surface area (Å²) in [5.74, 6) is 1.32. The van der Waals surface area contributed by atoms with Gasteiger partial charge in [0, 0.05) is 6.04 Å². The van der Waals surface area contributed by atoms with E-state index in [9.17, 15) is 5.26 Å². The van der Waals surface area contributed by atoms with Crippen LogP contribution in [-0.4, -0.2) is 30.1 Å². The molecule has 2 fully saturated rings. The fraction of sp³-hybridized carbons (Fsp3) is 0.929. The number of nitriles is 1. The van der Waals surface area contributed by atoms with Crippen LogP contribution >= 0.6 is 0 Å². The van der Waals surface area contributed by atoms with Gasteiger partial charge in [0.1, 0.15) is 5.54 Å². The average Bonchev–Trinajstić information content (AvgIpc) is 3.10. The Kier molecular flexibility index (Phi) is 3.75. The van der Waals surface area contributed by atoms with Gasteiger partial charge in [0.2, 0.25) is 0 Å². The Labute approximate surface area is 105 Å². The van der Waals surface area contributed by atoms with E-state index in [0.29, 0.717) is 12.0 Å². The van der Waals surface area contributed by atoms with Crippen LogP contribution in [0.5, 0.6) is 0 Å². The Balaban J connectivity index is 1.79. The molecule has 3 nitrogen and oxygen atoms in total. The molecule has 96 valence electrons. The highest BCUT2D eigenvalue weighted by molar-refractivity contribution is 5.12. The molecule has 2 saturated carbocycles. The first-order valence-corrected chi connectivity index (χ1v) is 6.97. The van der Waals surface area contributed by atoms with Crippen LogP contribution in [0.4, 0.5) is 0 Å². The summed E-state index contributed by atoms with van der Waals surface area (Å²) in [6.45, 7) is 3.41. The first-order valence-electron chi connectivity index (χ1n) is 6.97. The van der Waals surface area contributed by atoms with Gasteiger partial charge in [0.25, 0.3) is 0 Å². The van der Waals surface area contributed by atoms with E-state index >= 15 is 0 Å². The van der Waals surface area contributed by atoms with Crippen molar-refractivity contribution in [2.45, 2.75) is 57.0 Å². The van der Waals surface area contributed by atoms with Crippen LogP contribution in [-0.2, 0) is 0 Å². The molecule has 0 aromatic rings. The van der Waals surface area contributed by atoms with Crippen molar-refractivity contribution in [1.29, 1.82) is 5.26 Å². The van der Waals surface area contributed by atoms with Crippen molar-refractivity contribution >= 4 is 0 Å². The van der Waals surface area contributed by atoms with Gasteiger partial charge in [-0.2, -0.15) is 5.26 Å². The minimum atomic E-state index is -0.538. The molecule has 3 heteroatoms. The third kappa shape index (κ3) is 2.81. The Morgan fingerprint density at radius 3 is 2.76 bits per heavy atom. The molecule has 0 saturated heterocycles. The van der Waals surface area contributed by atoms with E-state index in [4.69, 9.17) is 5.73 Å². The maximum absolute atomic E-state index is 9.18. The molecule has 0 aromatic carbocycles. The molecule has 0 heterocycles. The second kappa shape index (κ2) is 4.96. The van der Waals surface area contributed by atoms with Gasteiger partial charge >= 0.3 is 0 Å². The lowest BCUT2D eigenvalue weighted by Gasteiger charge is -2.29. The third-order valence-corrected chi connectivity index (χ3v) is 4.91. The molecule has 0 bridgehead atoms. The largest absolute Gasteiger partial charge is 0.313 e. The molecule has 2 rings (SSSR count). The fourth-order valence-electron chi connectivity index (χ4n) is 3.15. The van der Waals surface area contributed by atoms with Crippen molar-refractivity contribution in [2.24, 2.45) is 17.6 Å². The Morgan fingerprint density at radius 2 is 2.18 bits per heavy atom. The Bertz CT molecular complexity index is 305. The summed E-state index contributed by atoms with van der Waals surface area (Å²) in [6, 6.07) is 3.04. The van der Waals surface area contributed by atoms with Crippen LogP contribution in [0.25, 0.3) is 0 Å². The highest BCUT2D eigenvalue weighted by Crippen LogP contribution is 2.37. The van der Waals surface area contributed by atoms with E-state index < -0.39 is 5.54 Å². The third-order valence-electron chi connectivity index (χ3n) is 4.91. The summed E-state index contributed by atoms with van der Waals surface area (Å²) in [5, 5.41) is 9.18. The summed E-state index contributed by atoms with van der Waals surface area (Å²) >= 11 is 0. The lowest BCUT2D eigenvalue weighted by atomic mass is 9.87. The summed E-state index contributed by atoms with van der Waals surface area (Å²) in [5.41, 5.74) is 5.62. The monoisotopic (exact) mass is 235 g/mol. The quantitative estimate of drug-likeness (QED) is 0.794. The summed E-state index contributed by atoms with van der Waals surface area (Å²) in [7, 11) is 2.21. The van der Waals surface area contributed by atoms with Crippen molar-refractivity contribution < 1.29 is 0 Å². The number of hydrogen-bond acceptors (Lipinski definition) is 3. The first-order chi connectivity index (χ1) is 8.07. The number of nitrogens with zero attached hydrogens (tertiary/aromatic N) is 2. The minimum Gasteiger partial charge on any atom is -0.313 e. The molecule has 2 aliphatic rings. The second-order valence-corrected chi connectivity index (χ2v) is 6.09. The molecule has 0 aromatic heterocycles. The van der Waals surface area contributed by atoms with Gasteiger partial charge in [-0.3, -0.25) is 0 Å². The number of rotatable bonds is 5. The van der Waals surface area contributed by atoms with E-state index in [2.05, 4.69) is 24.9 Å². The van der Waals surface area contributed by atoms with Gasteiger partial charge in [0.15, 0.2) is 0 Å². The standard InChI is InChI=1S/C14H25N3/c1-11(12-5-6-12)17(2)9-7-13-4-3-8-14(13,16)10-15/h11-13H,3-9,16H2,1-2H3. The van der Waals surface area contributed by atoms with E-state index in [-0.39, 0.29) is 0 Å². The molecule has 3 unspecified atom stereocenters. The minimum absolute atomic E-state index is 0.404. The first kappa shape index (κ1) is 12.9. The zero-order valence-corrected chi connectivity index (χ0v) is 11.2. The summed E-state index contributed by atoms with van der Waals surface area (Å²) in [6.07, 6.45) is 7.02. The predicted molar refractivity (Wildman–Crippen MR) is 69.3 cm³/mol. The van der Waals surface area contributed by atoms with Gasteiger partial charge in [-0.05, 0) is 64.5 Å². The van der Waals surface area contributed by atoms with Crippen LogP contribution in [0.15, 0.2) is 0 Å². The van der Waals surface area contributed by atoms with Crippen molar-refractivity contribution in [2.75, 3.05) is 13.6 Å². The van der Waals surface area contributed by atoms with E-state index in [1.54, 1.807) is 0 Å². The number of nitrogens with two attached hydrogens (primary N) is 1. The summed E-state index contributed by atoms with van der Waals surface area (Å²) < 4.78 is 0. The Hall–Kier alpha value is -0.590.